The molecule has 1 aromatic rings. The molecule has 17 heavy (non-hydrogen) atoms. The molecule has 0 unspecified atom stereocenters. The molecule has 1 aromatic heterocycles. The topological polar surface area (TPSA) is 48.7 Å². The number of hydrogen-bond acceptors (Lipinski definition) is 3. The predicted molar refractivity (Wildman–Crippen MR) is 68.5 cm³/mol. The van der Waals surface area contributed by atoms with Crippen molar-refractivity contribution in [2.45, 2.75) is 39.2 Å². The molecule has 1 aliphatic rings. The number of pyridine rings is 1. The number of nitrogens with zero attached hydrogens (tertiary/aromatic N) is 2. The summed E-state index contributed by atoms with van der Waals surface area (Å²) in [6, 6.07) is 6.25. The number of nitriles is 1. The Balaban J connectivity index is 2.12. The summed E-state index contributed by atoms with van der Waals surface area (Å²) in [6.45, 7) is 4.60. The van der Waals surface area contributed by atoms with Crippen LogP contribution in [0.25, 0.3) is 0 Å². The second-order valence-corrected chi connectivity index (χ2v) is 5.03. The summed E-state index contributed by atoms with van der Waals surface area (Å²) in [6.07, 6.45) is 5.48. The highest BCUT2D eigenvalue weighted by molar-refractivity contribution is 5.51. The summed E-state index contributed by atoms with van der Waals surface area (Å²) in [4.78, 5) is 4.27. The molecule has 0 spiro atoms. The maximum Gasteiger partial charge on any atom is 0.144 e. The van der Waals surface area contributed by atoms with E-state index in [2.05, 4.69) is 30.2 Å². The van der Waals surface area contributed by atoms with Crippen LogP contribution in [0.3, 0.4) is 0 Å². The third kappa shape index (κ3) is 2.58. The lowest BCUT2D eigenvalue weighted by Gasteiger charge is -2.35. The molecule has 0 aliphatic heterocycles. The Morgan fingerprint density at radius 2 is 2.24 bits per heavy atom. The van der Waals surface area contributed by atoms with E-state index in [1.165, 1.54) is 19.3 Å². The molecule has 0 bridgehead atoms. The van der Waals surface area contributed by atoms with Crippen molar-refractivity contribution in [1.29, 1.82) is 5.26 Å². The average Bonchev–Trinajstić information content (AvgIpc) is 2.35. The van der Waals surface area contributed by atoms with Crippen molar-refractivity contribution in [2.75, 3.05) is 5.32 Å². The summed E-state index contributed by atoms with van der Waals surface area (Å²) in [5.74, 6) is 2.12. The summed E-state index contributed by atoms with van der Waals surface area (Å²) >= 11 is 0. The van der Waals surface area contributed by atoms with Gasteiger partial charge in [0.25, 0.3) is 0 Å². The third-order valence-corrected chi connectivity index (χ3v) is 3.96. The molecule has 3 nitrogen and oxygen atoms in total. The summed E-state index contributed by atoms with van der Waals surface area (Å²) in [5.41, 5.74) is 0.637. The molecule has 1 saturated carbocycles. The van der Waals surface area contributed by atoms with Gasteiger partial charge in [-0.3, -0.25) is 0 Å². The first kappa shape index (κ1) is 11.9. The Morgan fingerprint density at radius 1 is 1.41 bits per heavy atom. The third-order valence-electron chi connectivity index (χ3n) is 3.96. The molecule has 0 radical (unpaired) electrons. The second-order valence-electron chi connectivity index (χ2n) is 5.03. The summed E-state index contributed by atoms with van der Waals surface area (Å²) in [5, 5.41) is 12.5. The van der Waals surface area contributed by atoms with Crippen LogP contribution in [0.15, 0.2) is 18.3 Å². The molecule has 0 amide bonds. The van der Waals surface area contributed by atoms with E-state index in [-0.39, 0.29) is 0 Å². The maximum atomic E-state index is 9.04. The molecule has 0 saturated heterocycles. The van der Waals surface area contributed by atoms with Crippen LogP contribution in [0.2, 0.25) is 0 Å². The lowest BCUT2D eigenvalue weighted by atomic mass is 9.78. The molecule has 0 aromatic carbocycles. The molecule has 3 heteroatoms. The Morgan fingerprint density at radius 3 is 3.00 bits per heavy atom. The van der Waals surface area contributed by atoms with E-state index in [0.29, 0.717) is 17.5 Å². The van der Waals surface area contributed by atoms with E-state index in [0.717, 1.165) is 11.7 Å². The minimum atomic E-state index is 0.445. The van der Waals surface area contributed by atoms with Crippen molar-refractivity contribution in [3.8, 4) is 6.07 Å². The van der Waals surface area contributed by atoms with Gasteiger partial charge in [0.1, 0.15) is 11.9 Å². The quantitative estimate of drug-likeness (QED) is 0.847. The zero-order valence-electron chi connectivity index (χ0n) is 10.5. The van der Waals surface area contributed by atoms with Gasteiger partial charge in [-0.15, -0.1) is 0 Å². The summed E-state index contributed by atoms with van der Waals surface area (Å²) in [7, 11) is 0. The van der Waals surface area contributed by atoms with Crippen molar-refractivity contribution in [2.24, 2.45) is 11.8 Å². The number of hydrogen-bond donors (Lipinski definition) is 1. The number of anilines is 1. The van der Waals surface area contributed by atoms with Crippen LogP contribution in [0.1, 0.15) is 38.7 Å². The van der Waals surface area contributed by atoms with Gasteiger partial charge in [0.05, 0.1) is 5.56 Å². The minimum Gasteiger partial charge on any atom is -0.366 e. The predicted octanol–water partition coefficient (Wildman–Crippen LogP) is 3.19. The normalized spacial score (nSPS) is 28.4. The van der Waals surface area contributed by atoms with Crippen molar-refractivity contribution >= 4 is 5.82 Å². The highest BCUT2D eigenvalue weighted by Gasteiger charge is 2.27. The van der Waals surface area contributed by atoms with E-state index in [4.69, 9.17) is 5.26 Å². The minimum absolute atomic E-state index is 0.445. The molecule has 1 N–H and O–H groups in total. The van der Waals surface area contributed by atoms with Crippen molar-refractivity contribution in [1.82, 2.24) is 4.98 Å². The van der Waals surface area contributed by atoms with Gasteiger partial charge in [-0.05, 0) is 30.4 Å². The highest BCUT2D eigenvalue weighted by atomic mass is 15.0. The van der Waals surface area contributed by atoms with Gasteiger partial charge in [-0.1, -0.05) is 26.7 Å². The first-order valence-corrected chi connectivity index (χ1v) is 6.34. The molecular formula is C14H19N3. The lowest BCUT2D eigenvalue weighted by molar-refractivity contribution is 0.253. The fourth-order valence-electron chi connectivity index (χ4n) is 2.57. The van der Waals surface area contributed by atoms with E-state index >= 15 is 0 Å². The van der Waals surface area contributed by atoms with Crippen LogP contribution in [-0.2, 0) is 0 Å². The first-order valence-electron chi connectivity index (χ1n) is 6.34. The highest BCUT2D eigenvalue weighted by Crippen LogP contribution is 2.31. The molecular weight excluding hydrogens is 210 g/mol. The first-order chi connectivity index (χ1) is 8.22. The largest absolute Gasteiger partial charge is 0.366 e. The maximum absolute atomic E-state index is 9.04. The Hall–Kier alpha value is -1.56. The summed E-state index contributed by atoms with van der Waals surface area (Å²) < 4.78 is 0. The molecule has 2 rings (SSSR count). The molecule has 3 atom stereocenters. The van der Waals surface area contributed by atoms with Gasteiger partial charge in [-0.2, -0.15) is 5.26 Å². The van der Waals surface area contributed by atoms with Crippen LogP contribution < -0.4 is 5.32 Å². The van der Waals surface area contributed by atoms with Crippen molar-refractivity contribution in [3.05, 3.63) is 23.9 Å². The van der Waals surface area contributed by atoms with Crippen LogP contribution in [0.4, 0.5) is 5.82 Å². The van der Waals surface area contributed by atoms with E-state index < -0.39 is 0 Å². The van der Waals surface area contributed by atoms with Gasteiger partial charge in [0.2, 0.25) is 0 Å². The lowest BCUT2D eigenvalue weighted by Crippen LogP contribution is -2.35. The van der Waals surface area contributed by atoms with Gasteiger partial charge in [0, 0.05) is 12.2 Å². The Kier molecular flexibility index (Phi) is 3.63. The zero-order chi connectivity index (χ0) is 12.3. The fourth-order valence-corrected chi connectivity index (χ4v) is 2.57. The Labute approximate surface area is 103 Å². The number of aromatic nitrogens is 1. The van der Waals surface area contributed by atoms with E-state index in [1.807, 2.05) is 6.07 Å². The number of nitrogens with one attached hydrogen (secondary N) is 1. The second kappa shape index (κ2) is 5.18. The van der Waals surface area contributed by atoms with Gasteiger partial charge in [0.15, 0.2) is 0 Å². The Bertz CT molecular complexity index is 422. The van der Waals surface area contributed by atoms with Crippen LogP contribution in [-0.4, -0.2) is 11.0 Å². The van der Waals surface area contributed by atoms with Crippen LogP contribution in [0.5, 0.6) is 0 Å². The molecule has 1 fully saturated rings. The molecule has 1 aliphatic carbocycles. The molecule has 1 heterocycles. The molecule has 90 valence electrons. The average molecular weight is 229 g/mol. The smallest absolute Gasteiger partial charge is 0.144 e. The fraction of sp³-hybridized carbons (Fsp3) is 0.571. The van der Waals surface area contributed by atoms with E-state index in [1.54, 1.807) is 12.3 Å². The van der Waals surface area contributed by atoms with Gasteiger partial charge >= 0.3 is 0 Å². The standard InChI is InChI=1S/C14H19N3/c1-10-5-3-7-13(11(10)2)17-14-12(9-15)6-4-8-16-14/h4,6,8,10-11,13H,3,5,7H2,1-2H3,(H,16,17)/t10-,11-,13-/m1/s1. The van der Waals surface area contributed by atoms with Gasteiger partial charge in [-0.25, -0.2) is 4.98 Å². The van der Waals surface area contributed by atoms with Crippen molar-refractivity contribution in [3.63, 3.8) is 0 Å². The van der Waals surface area contributed by atoms with Crippen LogP contribution in [0, 0.1) is 23.2 Å². The van der Waals surface area contributed by atoms with Gasteiger partial charge < -0.3 is 5.32 Å². The van der Waals surface area contributed by atoms with Crippen LogP contribution >= 0.6 is 0 Å². The van der Waals surface area contributed by atoms with E-state index in [9.17, 15) is 0 Å². The SMILES string of the molecule is C[C@@H]1[C@H](C)CCC[C@H]1Nc1ncccc1C#N. The zero-order valence-corrected chi connectivity index (χ0v) is 10.5. The number of rotatable bonds is 2. The van der Waals surface area contributed by atoms with Crippen molar-refractivity contribution < 1.29 is 0 Å². The monoisotopic (exact) mass is 229 g/mol.